The van der Waals surface area contributed by atoms with Crippen molar-refractivity contribution in [2.75, 3.05) is 19.0 Å². The summed E-state index contributed by atoms with van der Waals surface area (Å²) in [5.41, 5.74) is 0.439. The number of amides is 1. The number of ether oxygens (including phenoxy) is 2. The predicted octanol–water partition coefficient (Wildman–Crippen LogP) is 5.75. The molecule has 4 rings (SSSR count). The van der Waals surface area contributed by atoms with E-state index in [0.29, 0.717) is 31.9 Å². The number of nitro groups is 1. The quantitative estimate of drug-likeness (QED) is 0.141. The maximum Gasteiger partial charge on any atom is 0.315 e. The monoisotopic (exact) mass is 627 g/mol. The predicted molar refractivity (Wildman–Crippen MR) is 156 cm³/mol. The number of methoxy groups -OCH3 is 1. The molecule has 1 heterocycles. The van der Waals surface area contributed by atoms with Crippen LogP contribution in [-0.2, 0) is 4.79 Å². The van der Waals surface area contributed by atoms with Gasteiger partial charge in [0.05, 0.1) is 29.2 Å². The van der Waals surface area contributed by atoms with Crippen LogP contribution in [0.4, 0.5) is 11.4 Å². The molecule has 0 saturated carbocycles. The normalized spacial score (nSPS) is 11.2. The van der Waals surface area contributed by atoms with Crippen molar-refractivity contribution in [3.8, 4) is 11.5 Å². The largest absolute Gasteiger partial charge is 0.493 e. The highest BCUT2D eigenvalue weighted by Crippen LogP contribution is 2.38. The highest BCUT2D eigenvalue weighted by molar-refractivity contribution is 9.10. The Morgan fingerprint density at radius 2 is 1.95 bits per heavy atom. The number of carbonyl (C=O) groups excluding carboxylic acids is 1. The van der Waals surface area contributed by atoms with E-state index in [4.69, 9.17) is 21.1 Å². The molecular formula is C27H23BrClN5O6. The van der Waals surface area contributed by atoms with Gasteiger partial charge in [-0.3, -0.25) is 19.7 Å². The highest BCUT2D eigenvalue weighted by Gasteiger charge is 2.23. The Hall–Kier alpha value is -4.29. The summed E-state index contributed by atoms with van der Waals surface area (Å²) in [6.45, 7) is 3.24. The van der Waals surface area contributed by atoms with Gasteiger partial charge in [-0.25, -0.2) is 4.98 Å². The first-order valence-electron chi connectivity index (χ1n) is 11.9. The van der Waals surface area contributed by atoms with E-state index in [0.717, 1.165) is 0 Å². The van der Waals surface area contributed by atoms with Gasteiger partial charge in [0, 0.05) is 32.7 Å². The van der Waals surface area contributed by atoms with Crippen LogP contribution in [0.1, 0.15) is 31.2 Å². The van der Waals surface area contributed by atoms with E-state index in [1.165, 1.54) is 30.1 Å². The maximum atomic E-state index is 13.3. The Kier molecular flexibility index (Phi) is 8.80. The Bertz CT molecular complexity index is 1690. The number of fused-ring (bicyclic) bond motifs is 1. The lowest BCUT2D eigenvalue weighted by Crippen LogP contribution is -2.23. The summed E-state index contributed by atoms with van der Waals surface area (Å²) in [5, 5.41) is 19.7. The van der Waals surface area contributed by atoms with E-state index >= 15 is 0 Å². The molecule has 1 N–H and O–H groups in total. The van der Waals surface area contributed by atoms with Crippen molar-refractivity contribution in [1.82, 2.24) is 9.66 Å². The van der Waals surface area contributed by atoms with Gasteiger partial charge in [-0.1, -0.05) is 41.4 Å². The number of hydrogen-bond donors (Lipinski definition) is 1. The number of benzene rings is 3. The van der Waals surface area contributed by atoms with Crippen LogP contribution < -0.4 is 20.3 Å². The van der Waals surface area contributed by atoms with Crippen molar-refractivity contribution in [3.63, 3.8) is 0 Å². The summed E-state index contributed by atoms with van der Waals surface area (Å²) in [6.07, 6.45) is 1.30. The number of anilines is 1. The van der Waals surface area contributed by atoms with Crippen LogP contribution >= 0.6 is 27.5 Å². The van der Waals surface area contributed by atoms with Crippen LogP contribution in [0.25, 0.3) is 10.9 Å². The van der Waals surface area contributed by atoms with Crippen molar-refractivity contribution < 1.29 is 19.2 Å². The smallest absolute Gasteiger partial charge is 0.315 e. The molecule has 0 atom stereocenters. The maximum absolute atomic E-state index is 13.3. The van der Waals surface area contributed by atoms with Gasteiger partial charge in [0.25, 0.3) is 11.5 Å². The van der Waals surface area contributed by atoms with Gasteiger partial charge < -0.3 is 14.8 Å². The number of hydrogen-bond acceptors (Lipinski definition) is 8. The lowest BCUT2D eigenvalue weighted by molar-refractivity contribution is -0.385. The first kappa shape index (κ1) is 28.7. The van der Waals surface area contributed by atoms with Gasteiger partial charge in [0.15, 0.2) is 12.4 Å². The average molecular weight is 629 g/mol. The van der Waals surface area contributed by atoms with Gasteiger partial charge in [0.1, 0.15) is 5.82 Å². The zero-order valence-electron chi connectivity index (χ0n) is 21.6. The third-order valence-corrected chi connectivity index (χ3v) is 6.37. The van der Waals surface area contributed by atoms with Crippen LogP contribution in [0.15, 0.2) is 69.0 Å². The zero-order valence-corrected chi connectivity index (χ0v) is 23.9. The van der Waals surface area contributed by atoms with Crippen molar-refractivity contribution in [3.05, 3.63) is 95.9 Å². The van der Waals surface area contributed by atoms with Crippen LogP contribution in [-0.4, -0.2) is 40.4 Å². The van der Waals surface area contributed by atoms with Crippen LogP contribution in [0.5, 0.6) is 11.5 Å². The summed E-state index contributed by atoms with van der Waals surface area (Å²) in [6, 6.07) is 14.3. The van der Waals surface area contributed by atoms with Crippen LogP contribution in [0.2, 0.25) is 5.02 Å². The van der Waals surface area contributed by atoms with Gasteiger partial charge in [-0.15, -0.1) is 0 Å². The van der Waals surface area contributed by atoms with Crippen LogP contribution in [0, 0.1) is 10.1 Å². The third-order valence-electron chi connectivity index (χ3n) is 5.62. The number of nitrogens with one attached hydrogen (secondary N) is 1. The number of halogens is 2. The summed E-state index contributed by atoms with van der Waals surface area (Å²) in [4.78, 5) is 41.5. The summed E-state index contributed by atoms with van der Waals surface area (Å²) < 4.78 is 12.7. The number of aromatic nitrogens is 2. The Morgan fingerprint density at radius 1 is 1.23 bits per heavy atom. The van der Waals surface area contributed by atoms with Crippen molar-refractivity contribution in [1.29, 1.82) is 0 Å². The highest BCUT2D eigenvalue weighted by atomic mass is 79.9. The number of carbonyl (C=O) groups is 1. The molecule has 4 aromatic rings. The molecule has 3 aromatic carbocycles. The molecule has 1 aromatic heterocycles. The molecule has 0 aliphatic carbocycles. The van der Waals surface area contributed by atoms with Crippen LogP contribution in [0.3, 0.4) is 0 Å². The van der Waals surface area contributed by atoms with Crippen molar-refractivity contribution in [2.45, 2.75) is 19.8 Å². The topological polar surface area (TPSA) is 138 Å². The van der Waals surface area contributed by atoms with Gasteiger partial charge >= 0.3 is 5.69 Å². The number of rotatable bonds is 9. The van der Waals surface area contributed by atoms with E-state index in [2.05, 4.69) is 31.3 Å². The SMILES string of the molecule is COc1cc(C=Nn2c(C(C)C)nc3ccc(Br)cc3c2=O)cc([N+](=O)[O-])c1OCC(=O)Nc1ccc(Cl)cc1. The second kappa shape index (κ2) is 12.3. The Balaban J connectivity index is 1.66. The fraction of sp³-hybridized carbons (Fsp3) is 0.185. The van der Waals surface area contributed by atoms with E-state index < -0.39 is 23.1 Å². The molecule has 13 heteroatoms. The van der Waals surface area contributed by atoms with E-state index in [1.54, 1.807) is 42.5 Å². The lowest BCUT2D eigenvalue weighted by atomic mass is 10.1. The average Bonchev–Trinajstić information content (AvgIpc) is 2.92. The summed E-state index contributed by atoms with van der Waals surface area (Å²) in [5.74, 6) is -0.485. The second-order valence-electron chi connectivity index (χ2n) is 8.82. The standard InChI is InChI=1S/C27H23BrClN5O6/c1-15(2)26-32-21-9-4-17(28)12-20(21)27(36)33(26)30-13-16-10-22(34(37)38)25(23(11-16)39-3)40-14-24(35)31-19-7-5-18(29)6-8-19/h4-13,15H,14H2,1-3H3,(H,31,35). The molecule has 0 aliphatic heterocycles. The van der Waals surface area contributed by atoms with E-state index in [1.807, 2.05) is 13.8 Å². The fourth-order valence-electron chi connectivity index (χ4n) is 3.76. The molecule has 0 aliphatic rings. The molecule has 0 radical (unpaired) electrons. The molecular weight excluding hydrogens is 606 g/mol. The third kappa shape index (κ3) is 6.46. The Morgan fingerprint density at radius 3 is 2.60 bits per heavy atom. The minimum absolute atomic E-state index is 0.00643. The van der Waals surface area contributed by atoms with Gasteiger partial charge in [0.2, 0.25) is 5.75 Å². The molecule has 1 amide bonds. The second-order valence-corrected chi connectivity index (χ2v) is 10.2. The van der Waals surface area contributed by atoms with Gasteiger partial charge in [-0.2, -0.15) is 9.78 Å². The van der Waals surface area contributed by atoms with Crippen molar-refractivity contribution in [2.24, 2.45) is 5.10 Å². The van der Waals surface area contributed by atoms with Crippen molar-refractivity contribution >= 4 is 61.9 Å². The van der Waals surface area contributed by atoms with Gasteiger partial charge in [-0.05, 0) is 48.5 Å². The molecule has 0 bridgehead atoms. The van der Waals surface area contributed by atoms with E-state index in [-0.39, 0.29) is 28.5 Å². The van der Waals surface area contributed by atoms with E-state index in [9.17, 15) is 19.7 Å². The lowest BCUT2D eigenvalue weighted by Gasteiger charge is -2.13. The minimum atomic E-state index is -0.660. The molecule has 40 heavy (non-hydrogen) atoms. The first-order chi connectivity index (χ1) is 19.1. The first-order valence-corrected chi connectivity index (χ1v) is 13.1. The molecule has 206 valence electrons. The number of nitrogens with zero attached hydrogens (tertiary/aromatic N) is 4. The molecule has 0 saturated heterocycles. The summed E-state index contributed by atoms with van der Waals surface area (Å²) in [7, 11) is 1.31. The molecule has 0 fully saturated rings. The molecule has 0 spiro atoms. The molecule has 0 unspecified atom stereocenters. The number of nitro benzene ring substituents is 1. The fourth-order valence-corrected chi connectivity index (χ4v) is 4.25. The Labute approximate surface area is 241 Å². The minimum Gasteiger partial charge on any atom is -0.493 e. The molecule has 11 nitrogen and oxygen atoms in total. The summed E-state index contributed by atoms with van der Waals surface area (Å²) >= 11 is 9.22. The zero-order chi connectivity index (χ0) is 29.0.